The summed E-state index contributed by atoms with van der Waals surface area (Å²) in [6.45, 7) is 5.09. The van der Waals surface area contributed by atoms with Gasteiger partial charge in [0, 0.05) is 31.6 Å². The minimum Gasteiger partial charge on any atom is -0.383 e. The Morgan fingerprint density at radius 1 is 1.59 bits per heavy atom. The summed E-state index contributed by atoms with van der Waals surface area (Å²) in [5, 5.41) is 5.95. The molecule has 0 aliphatic heterocycles. The monoisotopic (exact) mass is 237 g/mol. The van der Waals surface area contributed by atoms with Crippen molar-refractivity contribution in [3.05, 3.63) is 24.0 Å². The quantitative estimate of drug-likeness (QED) is 0.782. The molecule has 17 heavy (non-hydrogen) atoms. The van der Waals surface area contributed by atoms with Gasteiger partial charge in [0.2, 0.25) is 0 Å². The van der Waals surface area contributed by atoms with Gasteiger partial charge in [0.05, 0.1) is 6.61 Å². The fourth-order valence-electron chi connectivity index (χ4n) is 1.47. The third-order valence-electron chi connectivity index (χ3n) is 2.16. The molecular formula is C12H19N3O2. The van der Waals surface area contributed by atoms with Gasteiger partial charge in [-0.2, -0.15) is 0 Å². The molecule has 0 aliphatic rings. The Labute approximate surface area is 102 Å². The predicted octanol–water partition coefficient (Wildman–Crippen LogP) is 1.28. The summed E-state index contributed by atoms with van der Waals surface area (Å²) in [4.78, 5) is 15.6. The number of aromatic nitrogens is 1. The molecule has 1 aromatic rings. The fraction of sp³-hybridized carbons (Fsp3) is 0.500. The number of amides is 1. The van der Waals surface area contributed by atoms with E-state index in [0.29, 0.717) is 18.8 Å². The Balaban J connectivity index is 2.68. The van der Waals surface area contributed by atoms with Gasteiger partial charge in [0.25, 0.3) is 5.91 Å². The summed E-state index contributed by atoms with van der Waals surface area (Å²) in [5.41, 5.74) is 1.28. The molecular weight excluding hydrogens is 218 g/mol. The van der Waals surface area contributed by atoms with E-state index in [1.165, 1.54) is 0 Å². The number of ether oxygens (including phenoxy) is 1. The van der Waals surface area contributed by atoms with Crippen LogP contribution in [-0.2, 0) is 4.74 Å². The smallest absolute Gasteiger partial charge is 0.269 e. The molecule has 0 spiro atoms. The van der Waals surface area contributed by atoms with Gasteiger partial charge >= 0.3 is 0 Å². The number of hydrogen-bond acceptors (Lipinski definition) is 4. The number of carbonyl (C=O) groups is 1. The molecule has 1 amide bonds. The van der Waals surface area contributed by atoms with Gasteiger partial charge in [-0.25, -0.2) is 0 Å². The standard InChI is InChI=1S/C12H19N3O2/c1-4-13-12(16)11-7-10(5-6-14-11)15-9(2)8-17-3/h5-7,9H,4,8H2,1-3H3,(H,13,16)(H,14,15). The van der Waals surface area contributed by atoms with Crippen LogP contribution in [0, 0.1) is 0 Å². The van der Waals surface area contributed by atoms with Crippen LogP contribution in [0.4, 0.5) is 5.69 Å². The van der Waals surface area contributed by atoms with Gasteiger partial charge in [0.1, 0.15) is 5.69 Å². The highest BCUT2D eigenvalue weighted by atomic mass is 16.5. The molecule has 94 valence electrons. The molecule has 5 nitrogen and oxygen atoms in total. The molecule has 1 heterocycles. The van der Waals surface area contributed by atoms with E-state index in [1.54, 1.807) is 19.4 Å². The maximum Gasteiger partial charge on any atom is 0.269 e. The minimum absolute atomic E-state index is 0.157. The van der Waals surface area contributed by atoms with Crippen LogP contribution >= 0.6 is 0 Å². The number of nitrogens with one attached hydrogen (secondary N) is 2. The summed E-state index contributed by atoms with van der Waals surface area (Å²) >= 11 is 0. The van der Waals surface area contributed by atoms with E-state index in [4.69, 9.17) is 4.74 Å². The summed E-state index contributed by atoms with van der Waals surface area (Å²) in [6.07, 6.45) is 1.62. The lowest BCUT2D eigenvalue weighted by molar-refractivity contribution is 0.0951. The Morgan fingerprint density at radius 2 is 2.35 bits per heavy atom. The lowest BCUT2D eigenvalue weighted by atomic mass is 10.2. The van der Waals surface area contributed by atoms with Gasteiger partial charge in [0.15, 0.2) is 0 Å². The molecule has 1 unspecified atom stereocenters. The third-order valence-corrected chi connectivity index (χ3v) is 2.16. The number of methoxy groups -OCH3 is 1. The highest BCUT2D eigenvalue weighted by Gasteiger charge is 2.07. The summed E-state index contributed by atoms with van der Waals surface area (Å²) < 4.78 is 5.03. The Kier molecular flexibility index (Phi) is 5.42. The number of nitrogens with zero attached hydrogens (tertiary/aromatic N) is 1. The number of anilines is 1. The van der Waals surface area contributed by atoms with Crippen molar-refractivity contribution in [1.29, 1.82) is 0 Å². The fourth-order valence-corrected chi connectivity index (χ4v) is 1.47. The van der Waals surface area contributed by atoms with Gasteiger partial charge in [-0.05, 0) is 26.0 Å². The van der Waals surface area contributed by atoms with Crippen molar-refractivity contribution in [2.24, 2.45) is 0 Å². The number of rotatable bonds is 6. The maximum atomic E-state index is 11.6. The number of pyridine rings is 1. The molecule has 0 bridgehead atoms. The van der Waals surface area contributed by atoms with Gasteiger partial charge < -0.3 is 15.4 Å². The van der Waals surface area contributed by atoms with E-state index >= 15 is 0 Å². The van der Waals surface area contributed by atoms with E-state index in [-0.39, 0.29) is 11.9 Å². The van der Waals surface area contributed by atoms with Crippen LogP contribution in [0.15, 0.2) is 18.3 Å². The summed E-state index contributed by atoms with van der Waals surface area (Å²) in [7, 11) is 1.66. The van der Waals surface area contributed by atoms with E-state index < -0.39 is 0 Å². The van der Waals surface area contributed by atoms with Crippen LogP contribution in [0.1, 0.15) is 24.3 Å². The van der Waals surface area contributed by atoms with E-state index in [9.17, 15) is 4.79 Å². The second kappa shape index (κ2) is 6.85. The number of carbonyl (C=O) groups excluding carboxylic acids is 1. The van der Waals surface area contributed by atoms with Gasteiger partial charge in [-0.15, -0.1) is 0 Å². The average molecular weight is 237 g/mol. The first-order valence-electron chi connectivity index (χ1n) is 5.67. The van der Waals surface area contributed by atoms with Crippen molar-refractivity contribution >= 4 is 11.6 Å². The number of hydrogen-bond donors (Lipinski definition) is 2. The van der Waals surface area contributed by atoms with Crippen molar-refractivity contribution in [3.63, 3.8) is 0 Å². The molecule has 0 aromatic carbocycles. The van der Waals surface area contributed by atoms with Crippen LogP contribution in [0.5, 0.6) is 0 Å². The summed E-state index contributed by atoms with van der Waals surface area (Å²) in [6, 6.07) is 3.75. The first kappa shape index (κ1) is 13.4. The Morgan fingerprint density at radius 3 is 3.00 bits per heavy atom. The molecule has 1 atom stereocenters. The van der Waals surface area contributed by atoms with Crippen molar-refractivity contribution in [1.82, 2.24) is 10.3 Å². The van der Waals surface area contributed by atoms with Crippen molar-refractivity contribution < 1.29 is 9.53 Å². The second-order valence-electron chi connectivity index (χ2n) is 3.79. The Hall–Kier alpha value is -1.62. The van der Waals surface area contributed by atoms with Crippen LogP contribution in [0.25, 0.3) is 0 Å². The molecule has 0 fully saturated rings. The molecule has 0 aliphatic carbocycles. The molecule has 0 radical (unpaired) electrons. The second-order valence-corrected chi connectivity index (χ2v) is 3.79. The van der Waals surface area contributed by atoms with Crippen LogP contribution in [0.2, 0.25) is 0 Å². The first-order valence-corrected chi connectivity index (χ1v) is 5.67. The van der Waals surface area contributed by atoms with E-state index in [2.05, 4.69) is 15.6 Å². The lowest BCUT2D eigenvalue weighted by Crippen LogP contribution is -2.24. The molecule has 0 saturated carbocycles. The van der Waals surface area contributed by atoms with E-state index in [1.807, 2.05) is 19.9 Å². The molecule has 2 N–H and O–H groups in total. The average Bonchev–Trinajstić information content (AvgIpc) is 2.30. The van der Waals surface area contributed by atoms with Crippen molar-refractivity contribution in [2.45, 2.75) is 19.9 Å². The van der Waals surface area contributed by atoms with Crippen molar-refractivity contribution in [2.75, 3.05) is 25.6 Å². The lowest BCUT2D eigenvalue weighted by Gasteiger charge is -2.14. The summed E-state index contributed by atoms with van der Waals surface area (Å²) in [5.74, 6) is -0.157. The van der Waals surface area contributed by atoms with Crippen LogP contribution in [0.3, 0.4) is 0 Å². The Bertz CT molecular complexity index is 369. The first-order chi connectivity index (χ1) is 8.17. The zero-order valence-corrected chi connectivity index (χ0v) is 10.5. The highest BCUT2D eigenvalue weighted by Crippen LogP contribution is 2.09. The predicted molar refractivity (Wildman–Crippen MR) is 67.2 cm³/mol. The largest absolute Gasteiger partial charge is 0.383 e. The molecule has 0 saturated heterocycles. The molecule has 5 heteroatoms. The minimum atomic E-state index is -0.157. The zero-order chi connectivity index (χ0) is 12.7. The normalized spacial score (nSPS) is 11.9. The SMILES string of the molecule is CCNC(=O)c1cc(NC(C)COC)ccn1. The highest BCUT2D eigenvalue weighted by molar-refractivity contribution is 5.93. The van der Waals surface area contributed by atoms with Gasteiger partial charge in [-0.1, -0.05) is 0 Å². The van der Waals surface area contributed by atoms with Crippen molar-refractivity contribution in [3.8, 4) is 0 Å². The molecule has 1 aromatic heterocycles. The van der Waals surface area contributed by atoms with Gasteiger partial charge in [-0.3, -0.25) is 9.78 Å². The van der Waals surface area contributed by atoms with Crippen LogP contribution in [-0.4, -0.2) is 37.2 Å². The third kappa shape index (κ3) is 4.40. The van der Waals surface area contributed by atoms with E-state index in [0.717, 1.165) is 5.69 Å². The maximum absolute atomic E-state index is 11.6. The topological polar surface area (TPSA) is 63.2 Å². The van der Waals surface area contributed by atoms with Crippen LogP contribution < -0.4 is 10.6 Å². The molecule has 1 rings (SSSR count). The zero-order valence-electron chi connectivity index (χ0n) is 10.5.